The van der Waals surface area contributed by atoms with Crippen molar-refractivity contribution in [1.82, 2.24) is 14.7 Å². The lowest BCUT2D eigenvalue weighted by Gasteiger charge is -2.20. The molecule has 1 saturated heterocycles. The SMILES string of the molecule is Cn1nccc1CN1CCCC1C(=O)O. The zero-order valence-electron chi connectivity index (χ0n) is 8.76. The molecule has 0 spiro atoms. The van der Waals surface area contributed by atoms with Crippen molar-refractivity contribution >= 4 is 5.97 Å². The van der Waals surface area contributed by atoms with Crippen molar-refractivity contribution in [2.24, 2.45) is 7.05 Å². The van der Waals surface area contributed by atoms with Crippen molar-refractivity contribution < 1.29 is 9.90 Å². The van der Waals surface area contributed by atoms with Gasteiger partial charge in [0.05, 0.1) is 5.69 Å². The van der Waals surface area contributed by atoms with E-state index in [0.717, 1.165) is 25.1 Å². The topological polar surface area (TPSA) is 58.4 Å². The van der Waals surface area contributed by atoms with Crippen LogP contribution in [0.15, 0.2) is 12.3 Å². The molecule has 0 radical (unpaired) electrons. The van der Waals surface area contributed by atoms with Crippen molar-refractivity contribution in [3.05, 3.63) is 18.0 Å². The van der Waals surface area contributed by atoms with Crippen molar-refractivity contribution in [2.45, 2.75) is 25.4 Å². The molecule has 1 unspecified atom stereocenters. The number of rotatable bonds is 3. The van der Waals surface area contributed by atoms with Gasteiger partial charge in [-0.3, -0.25) is 14.4 Å². The van der Waals surface area contributed by atoms with Gasteiger partial charge in [0.2, 0.25) is 0 Å². The van der Waals surface area contributed by atoms with Gasteiger partial charge in [0.1, 0.15) is 6.04 Å². The number of hydrogen-bond donors (Lipinski definition) is 1. The molecule has 1 aromatic heterocycles. The molecule has 1 aromatic rings. The molecule has 0 aliphatic carbocycles. The summed E-state index contributed by atoms with van der Waals surface area (Å²) in [4.78, 5) is 13.0. The lowest BCUT2D eigenvalue weighted by Crippen LogP contribution is -2.35. The predicted molar refractivity (Wildman–Crippen MR) is 54.3 cm³/mol. The quantitative estimate of drug-likeness (QED) is 0.786. The highest BCUT2D eigenvalue weighted by molar-refractivity contribution is 5.73. The molecular formula is C10H15N3O2. The van der Waals surface area contributed by atoms with Crippen LogP contribution >= 0.6 is 0 Å². The number of aliphatic carboxylic acids is 1. The molecule has 1 aliphatic heterocycles. The van der Waals surface area contributed by atoms with Gasteiger partial charge < -0.3 is 5.11 Å². The third-order valence-electron chi connectivity index (χ3n) is 2.94. The standard InChI is InChI=1S/C10H15N3O2/c1-12-8(4-5-11-12)7-13-6-2-3-9(13)10(14)15/h4-5,9H,2-3,6-7H2,1H3,(H,14,15). The van der Waals surface area contributed by atoms with E-state index in [0.29, 0.717) is 6.54 Å². The molecule has 5 nitrogen and oxygen atoms in total. The molecule has 1 N–H and O–H groups in total. The van der Waals surface area contributed by atoms with Crippen LogP contribution in [-0.2, 0) is 18.4 Å². The van der Waals surface area contributed by atoms with E-state index in [1.807, 2.05) is 18.0 Å². The van der Waals surface area contributed by atoms with Gasteiger partial charge in [-0.1, -0.05) is 0 Å². The molecule has 2 heterocycles. The molecular weight excluding hydrogens is 194 g/mol. The summed E-state index contributed by atoms with van der Waals surface area (Å²) in [5, 5.41) is 13.1. The number of carboxylic acids is 1. The molecule has 0 bridgehead atoms. The second-order valence-electron chi connectivity index (χ2n) is 3.91. The van der Waals surface area contributed by atoms with Crippen molar-refractivity contribution in [2.75, 3.05) is 6.54 Å². The van der Waals surface area contributed by atoms with E-state index in [4.69, 9.17) is 5.11 Å². The van der Waals surface area contributed by atoms with E-state index < -0.39 is 5.97 Å². The Labute approximate surface area is 88.3 Å². The highest BCUT2D eigenvalue weighted by Crippen LogP contribution is 2.19. The molecule has 2 rings (SSSR count). The summed E-state index contributed by atoms with van der Waals surface area (Å²) < 4.78 is 1.79. The van der Waals surface area contributed by atoms with Gasteiger partial charge in [0.15, 0.2) is 0 Å². The Morgan fingerprint density at radius 1 is 1.73 bits per heavy atom. The van der Waals surface area contributed by atoms with E-state index in [2.05, 4.69) is 5.10 Å². The van der Waals surface area contributed by atoms with Crippen LogP contribution in [0.25, 0.3) is 0 Å². The summed E-state index contributed by atoms with van der Waals surface area (Å²) in [6, 6.07) is 1.61. The molecule has 1 fully saturated rings. The summed E-state index contributed by atoms with van der Waals surface area (Å²) in [5.74, 6) is -0.713. The zero-order valence-corrected chi connectivity index (χ0v) is 8.76. The molecule has 1 atom stereocenters. The molecule has 5 heteroatoms. The minimum Gasteiger partial charge on any atom is -0.480 e. The highest BCUT2D eigenvalue weighted by atomic mass is 16.4. The smallest absolute Gasteiger partial charge is 0.320 e. The summed E-state index contributed by atoms with van der Waals surface area (Å²) in [6.07, 6.45) is 3.46. The molecule has 15 heavy (non-hydrogen) atoms. The number of aryl methyl sites for hydroxylation is 1. The van der Waals surface area contributed by atoms with Crippen LogP contribution in [-0.4, -0.2) is 38.3 Å². The summed E-state index contributed by atoms with van der Waals surface area (Å²) in [5.41, 5.74) is 1.06. The average Bonchev–Trinajstić information content (AvgIpc) is 2.77. The first-order chi connectivity index (χ1) is 7.18. The van der Waals surface area contributed by atoms with Gasteiger partial charge in [-0.05, 0) is 25.5 Å². The maximum atomic E-state index is 11.0. The van der Waals surface area contributed by atoms with E-state index in [1.165, 1.54) is 0 Å². The fourth-order valence-electron chi connectivity index (χ4n) is 2.06. The second-order valence-corrected chi connectivity index (χ2v) is 3.91. The van der Waals surface area contributed by atoms with Crippen LogP contribution in [0.3, 0.4) is 0 Å². The lowest BCUT2D eigenvalue weighted by atomic mass is 10.2. The number of nitrogens with zero attached hydrogens (tertiary/aromatic N) is 3. The number of carboxylic acid groups (broad SMARTS) is 1. The molecule has 0 aromatic carbocycles. The van der Waals surface area contributed by atoms with E-state index >= 15 is 0 Å². The normalized spacial score (nSPS) is 22.1. The van der Waals surface area contributed by atoms with Crippen LogP contribution in [0.4, 0.5) is 0 Å². The Morgan fingerprint density at radius 2 is 2.53 bits per heavy atom. The zero-order chi connectivity index (χ0) is 10.8. The Balaban J connectivity index is 2.06. The van der Waals surface area contributed by atoms with Crippen molar-refractivity contribution in [3.63, 3.8) is 0 Å². The maximum Gasteiger partial charge on any atom is 0.320 e. The van der Waals surface area contributed by atoms with Crippen LogP contribution < -0.4 is 0 Å². The fraction of sp³-hybridized carbons (Fsp3) is 0.600. The summed E-state index contributed by atoms with van der Waals surface area (Å²) >= 11 is 0. The Kier molecular flexibility index (Phi) is 2.73. The molecule has 0 saturated carbocycles. The van der Waals surface area contributed by atoms with Crippen molar-refractivity contribution in [3.8, 4) is 0 Å². The van der Waals surface area contributed by atoms with Gasteiger partial charge in [-0.25, -0.2) is 0 Å². The molecule has 82 valence electrons. The maximum absolute atomic E-state index is 11.0. The van der Waals surface area contributed by atoms with Crippen LogP contribution in [0.5, 0.6) is 0 Å². The van der Waals surface area contributed by atoms with Crippen LogP contribution in [0.2, 0.25) is 0 Å². The summed E-state index contributed by atoms with van der Waals surface area (Å²) in [6.45, 7) is 1.54. The Hall–Kier alpha value is -1.36. The number of aromatic nitrogens is 2. The van der Waals surface area contributed by atoms with Gasteiger partial charge in [0.25, 0.3) is 0 Å². The van der Waals surface area contributed by atoms with Gasteiger partial charge in [-0.15, -0.1) is 0 Å². The first kappa shape index (κ1) is 10.2. The average molecular weight is 209 g/mol. The number of hydrogen-bond acceptors (Lipinski definition) is 3. The largest absolute Gasteiger partial charge is 0.480 e. The van der Waals surface area contributed by atoms with Crippen molar-refractivity contribution in [1.29, 1.82) is 0 Å². The van der Waals surface area contributed by atoms with Gasteiger partial charge >= 0.3 is 5.97 Å². The Morgan fingerprint density at radius 3 is 3.13 bits per heavy atom. The highest BCUT2D eigenvalue weighted by Gasteiger charge is 2.30. The summed E-state index contributed by atoms with van der Waals surface area (Å²) in [7, 11) is 1.88. The van der Waals surface area contributed by atoms with E-state index in [9.17, 15) is 4.79 Å². The second kappa shape index (κ2) is 4.02. The lowest BCUT2D eigenvalue weighted by molar-refractivity contribution is -0.142. The third-order valence-corrected chi connectivity index (χ3v) is 2.94. The first-order valence-corrected chi connectivity index (χ1v) is 5.12. The van der Waals surface area contributed by atoms with Crippen LogP contribution in [0, 0.1) is 0 Å². The molecule has 0 amide bonds. The van der Waals surface area contributed by atoms with Gasteiger partial charge in [-0.2, -0.15) is 5.10 Å². The van der Waals surface area contributed by atoms with Gasteiger partial charge in [0, 0.05) is 19.8 Å². The van der Waals surface area contributed by atoms with Crippen LogP contribution in [0.1, 0.15) is 18.5 Å². The van der Waals surface area contributed by atoms with E-state index in [-0.39, 0.29) is 6.04 Å². The number of likely N-dealkylation sites (tertiary alicyclic amines) is 1. The van der Waals surface area contributed by atoms with E-state index in [1.54, 1.807) is 10.9 Å². The minimum absolute atomic E-state index is 0.320. The number of carbonyl (C=O) groups is 1. The minimum atomic E-state index is -0.713. The monoisotopic (exact) mass is 209 g/mol. The predicted octanol–water partition coefficient (Wildman–Crippen LogP) is 0.469. The fourth-order valence-corrected chi connectivity index (χ4v) is 2.06. The third kappa shape index (κ3) is 2.02. The Bertz CT molecular complexity index is 361. The molecule has 1 aliphatic rings. The first-order valence-electron chi connectivity index (χ1n) is 5.12.